The van der Waals surface area contributed by atoms with Crippen LogP contribution < -0.4 is 4.72 Å². The first-order valence-corrected chi connectivity index (χ1v) is 4.63. The monoisotopic (exact) mass is 276 g/mol. The molecule has 3 nitrogen and oxygen atoms in total. The van der Waals surface area contributed by atoms with E-state index in [1.165, 1.54) is 0 Å². The van der Waals surface area contributed by atoms with Crippen LogP contribution in [0.2, 0.25) is 0 Å². The molecule has 54 valence electrons. The molecule has 0 aliphatic rings. The highest BCUT2D eigenvalue weighted by Gasteiger charge is 1.80. The normalized spacial score (nSPS) is 12.8. The third-order valence-corrected chi connectivity index (χ3v) is 1.51. The summed E-state index contributed by atoms with van der Waals surface area (Å²) in [5.74, 6) is 0. The summed E-state index contributed by atoms with van der Waals surface area (Å²) in [7, 11) is 0. The van der Waals surface area contributed by atoms with Crippen LogP contribution in [0, 0.1) is 0 Å². The number of rotatable bonds is 3. The fourth-order valence-electron chi connectivity index (χ4n) is 0.187. The largest absolute Gasteiger partial charge is 0.760 e. The highest BCUT2D eigenvalue weighted by molar-refractivity contribution is 9.28. The van der Waals surface area contributed by atoms with Crippen molar-refractivity contribution in [2.45, 2.75) is 0 Å². The first kappa shape index (κ1) is 9.77. The number of halogens is 2. The molecule has 0 aromatic carbocycles. The minimum absolute atomic E-state index is 0.294. The van der Waals surface area contributed by atoms with Crippen LogP contribution in [0.4, 0.5) is 0 Å². The van der Waals surface area contributed by atoms with E-state index < -0.39 is 11.3 Å². The smallest absolute Gasteiger partial charge is 0.0577 e. The Hall–Kier alpha value is 0.770. The SMILES string of the molecule is O=S([O-])NCC=C(Br)Br. The van der Waals surface area contributed by atoms with E-state index in [1.807, 2.05) is 0 Å². The predicted octanol–water partition coefficient (Wildman–Crippen LogP) is 1.00. The van der Waals surface area contributed by atoms with Gasteiger partial charge in [-0.3, -0.25) is 4.21 Å². The molecule has 0 radical (unpaired) electrons. The zero-order chi connectivity index (χ0) is 7.28. The molecular formula is C3H4Br2NO2S-. The molecule has 0 fully saturated rings. The van der Waals surface area contributed by atoms with Gasteiger partial charge in [-0.2, -0.15) is 0 Å². The van der Waals surface area contributed by atoms with E-state index in [0.717, 1.165) is 3.39 Å². The van der Waals surface area contributed by atoms with Crippen LogP contribution >= 0.6 is 31.9 Å². The van der Waals surface area contributed by atoms with Crippen molar-refractivity contribution in [2.24, 2.45) is 0 Å². The first-order valence-electron chi connectivity index (χ1n) is 1.97. The van der Waals surface area contributed by atoms with Crippen molar-refractivity contribution in [1.82, 2.24) is 4.72 Å². The van der Waals surface area contributed by atoms with E-state index in [2.05, 4.69) is 36.6 Å². The van der Waals surface area contributed by atoms with Gasteiger partial charge in [-0.25, -0.2) is 4.72 Å². The maximum absolute atomic E-state index is 9.81. The Kier molecular flexibility index (Phi) is 6.02. The summed E-state index contributed by atoms with van der Waals surface area (Å²) < 4.78 is 22.5. The molecule has 0 aromatic heterocycles. The average Bonchev–Trinajstić information content (AvgIpc) is 1.63. The lowest BCUT2D eigenvalue weighted by Crippen LogP contribution is -2.15. The van der Waals surface area contributed by atoms with Crippen LogP contribution in [0.15, 0.2) is 9.47 Å². The van der Waals surface area contributed by atoms with Gasteiger partial charge in [0.25, 0.3) is 0 Å². The Balaban J connectivity index is 3.31. The van der Waals surface area contributed by atoms with Crippen LogP contribution in [0.3, 0.4) is 0 Å². The molecule has 0 aliphatic carbocycles. The third kappa shape index (κ3) is 8.77. The maximum atomic E-state index is 9.81. The van der Waals surface area contributed by atoms with Crippen LogP contribution in [0.25, 0.3) is 0 Å². The molecule has 1 unspecified atom stereocenters. The van der Waals surface area contributed by atoms with Gasteiger partial charge in [0.05, 0.1) is 3.39 Å². The van der Waals surface area contributed by atoms with Crippen LogP contribution in [0.5, 0.6) is 0 Å². The van der Waals surface area contributed by atoms with Gasteiger partial charge < -0.3 is 4.55 Å². The first-order chi connectivity index (χ1) is 4.13. The van der Waals surface area contributed by atoms with Gasteiger partial charge in [0.2, 0.25) is 0 Å². The number of hydrogen-bond donors (Lipinski definition) is 1. The summed E-state index contributed by atoms with van der Waals surface area (Å²) >= 11 is 3.95. The van der Waals surface area contributed by atoms with Crippen molar-refractivity contribution in [2.75, 3.05) is 6.54 Å². The van der Waals surface area contributed by atoms with Gasteiger partial charge in [-0.05, 0) is 37.9 Å². The van der Waals surface area contributed by atoms with Crippen molar-refractivity contribution < 1.29 is 8.76 Å². The second kappa shape index (κ2) is 5.55. The van der Waals surface area contributed by atoms with Crippen molar-refractivity contribution >= 4 is 43.1 Å². The molecule has 1 N–H and O–H groups in total. The quantitative estimate of drug-likeness (QED) is 0.783. The van der Waals surface area contributed by atoms with Crippen LogP contribution in [-0.4, -0.2) is 15.3 Å². The van der Waals surface area contributed by atoms with Crippen molar-refractivity contribution in [1.29, 1.82) is 0 Å². The Bertz CT molecular complexity index is 134. The average molecular weight is 278 g/mol. The minimum atomic E-state index is -2.17. The second-order valence-electron chi connectivity index (χ2n) is 1.08. The van der Waals surface area contributed by atoms with E-state index in [4.69, 9.17) is 0 Å². The molecule has 0 amide bonds. The van der Waals surface area contributed by atoms with Crippen molar-refractivity contribution in [3.05, 3.63) is 9.47 Å². The zero-order valence-corrected chi connectivity index (χ0v) is 8.25. The molecule has 0 heterocycles. The van der Waals surface area contributed by atoms with Crippen molar-refractivity contribution in [3.63, 3.8) is 0 Å². The molecule has 0 aliphatic heterocycles. The van der Waals surface area contributed by atoms with Crippen LogP contribution in [0.1, 0.15) is 0 Å². The molecule has 9 heavy (non-hydrogen) atoms. The molecule has 0 rings (SSSR count). The minimum Gasteiger partial charge on any atom is -0.760 e. The Morgan fingerprint density at radius 1 is 1.78 bits per heavy atom. The lowest BCUT2D eigenvalue weighted by molar-refractivity contribution is 0.526. The zero-order valence-electron chi connectivity index (χ0n) is 4.27. The van der Waals surface area contributed by atoms with Gasteiger partial charge >= 0.3 is 0 Å². The fraction of sp³-hybridized carbons (Fsp3) is 0.333. The van der Waals surface area contributed by atoms with E-state index in [9.17, 15) is 8.76 Å². The summed E-state index contributed by atoms with van der Waals surface area (Å²) in [6.45, 7) is 0.294. The summed E-state index contributed by atoms with van der Waals surface area (Å²) in [5, 5.41) is 0. The molecule has 0 saturated carbocycles. The standard InChI is InChI=1S/C3H5Br2NO2S/c4-3(5)1-2-6-9(7)8/h1,6H,2H2,(H,7,8)/p-1. The van der Waals surface area contributed by atoms with E-state index in [1.54, 1.807) is 6.08 Å². The lowest BCUT2D eigenvalue weighted by atomic mass is 10.7. The van der Waals surface area contributed by atoms with E-state index >= 15 is 0 Å². The van der Waals surface area contributed by atoms with E-state index in [-0.39, 0.29) is 0 Å². The fourth-order valence-corrected chi connectivity index (χ4v) is 0.730. The van der Waals surface area contributed by atoms with Gasteiger partial charge in [0.15, 0.2) is 0 Å². The molecule has 0 bridgehead atoms. The molecule has 6 heteroatoms. The number of hydrogen-bond acceptors (Lipinski definition) is 2. The Morgan fingerprint density at radius 2 is 2.33 bits per heavy atom. The second-order valence-corrected chi connectivity index (χ2v) is 4.61. The molecule has 0 aromatic rings. The maximum Gasteiger partial charge on any atom is 0.0577 e. The Morgan fingerprint density at radius 3 is 2.67 bits per heavy atom. The molecular weight excluding hydrogens is 274 g/mol. The van der Waals surface area contributed by atoms with Gasteiger partial charge in [0.1, 0.15) is 0 Å². The third-order valence-electron chi connectivity index (χ3n) is 0.458. The van der Waals surface area contributed by atoms with Gasteiger partial charge in [-0.1, -0.05) is 0 Å². The lowest BCUT2D eigenvalue weighted by Gasteiger charge is -2.02. The summed E-state index contributed by atoms with van der Waals surface area (Å²) in [5.41, 5.74) is 0. The predicted molar refractivity (Wildman–Crippen MR) is 42.9 cm³/mol. The highest BCUT2D eigenvalue weighted by Crippen LogP contribution is 2.10. The molecule has 0 saturated heterocycles. The summed E-state index contributed by atoms with van der Waals surface area (Å²) in [6, 6.07) is 0. The highest BCUT2D eigenvalue weighted by atomic mass is 79.9. The van der Waals surface area contributed by atoms with E-state index in [0.29, 0.717) is 6.54 Å². The van der Waals surface area contributed by atoms with Crippen LogP contribution in [-0.2, 0) is 11.3 Å². The topological polar surface area (TPSA) is 52.2 Å². The van der Waals surface area contributed by atoms with Gasteiger partial charge in [-0.15, -0.1) is 0 Å². The molecule has 1 atom stereocenters. The molecule has 0 spiro atoms. The van der Waals surface area contributed by atoms with Crippen molar-refractivity contribution in [3.8, 4) is 0 Å². The van der Waals surface area contributed by atoms with Gasteiger partial charge in [0, 0.05) is 17.8 Å². The summed E-state index contributed by atoms with van der Waals surface area (Å²) in [6.07, 6.45) is 1.63. The number of nitrogens with one attached hydrogen (secondary N) is 1. The Labute approximate surface area is 72.6 Å². The summed E-state index contributed by atoms with van der Waals surface area (Å²) in [4.78, 5) is 0.